The summed E-state index contributed by atoms with van der Waals surface area (Å²) < 4.78 is 6.28. The summed E-state index contributed by atoms with van der Waals surface area (Å²) in [5.74, 6) is 0.0759. The van der Waals surface area contributed by atoms with Gasteiger partial charge in [0, 0.05) is 17.6 Å². The van der Waals surface area contributed by atoms with Gasteiger partial charge >= 0.3 is 0 Å². The molecule has 0 aromatic heterocycles. The molecule has 4 unspecified atom stereocenters. The first-order valence-electron chi connectivity index (χ1n) is 9.76. The molecule has 0 radical (unpaired) electrons. The van der Waals surface area contributed by atoms with Crippen LogP contribution in [0.3, 0.4) is 0 Å². The lowest BCUT2D eigenvalue weighted by Gasteiger charge is -2.26. The van der Waals surface area contributed by atoms with Crippen molar-refractivity contribution >= 4 is 11.6 Å². The molecule has 4 atom stereocenters. The van der Waals surface area contributed by atoms with Gasteiger partial charge in [0.15, 0.2) is 0 Å². The molecule has 1 aliphatic rings. The zero-order valence-electron chi connectivity index (χ0n) is 16.0. The third-order valence-electron chi connectivity index (χ3n) is 5.41. The van der Waals surface area contributed by atoms with Gasteiger partial charge in [-0.3, -0.25) is 0 Å². The molecule has 0 bridgehead atoms. The van der Waals surface area contributed by atoms with Gasteiger partial charge in [0.1, 0.15) is 5.75 Å². The number of aliphatic hydroxyl groups excluding tert-OH is 2. The van der Waals surface area contributed by atoms with E-state index in [4.69, 9.17) is 16.3 Å². The molecule has 2 aromatic carbocycles. The van der Waals surface area contributed by atoms with Crippen LogP contribution in [0.25, 0.3) is 0 Å². The Labute approximate surface area is 170 Å². The monoisotopic (exact) mass is 405 g/mol. The van der Waals surface area contributed by atoms with Crippen molar-refractivity contribution in [3.63, 3.8) is 0 Å². The molecule has 1 fully saturated rings. The van der Waals surface area contributed by atoms with Gasteiger partial charge < -0.3 is 25.4 Å². The maximum Gasteiger partial charge on any atom is 0.115 e. The number of aliphatic hydroxyl groups is 2. The predicted octanol–water partition coefficient (Wildman–Crippen LogP) is 3.86. The van der Waals surface area contributed by atoms with Crippen LogP contribution in [0.2, 0.25) is 5.02 Å². The van der Waals surface area contributed by atoms with Crippen LogP contribution in [-0.2, 0) is 11.3 Å². The van der Waals surface area contributed by atoms with Gasteiger partial charge in [-0.1, -0.05) is 36.7 Å². The van der Waals surface area contributed by atoms with Crippen molar-refractivity contribution in [2.75, 3.05) is 6.54 Å². The Morgan fingerprint density at radius 2 is 1.93 bits per heavy atom. The molecule has 1 saturated heterocycles. The first-order chi connectivity index (χ1) is 13.5. The molecule has 28 heavy (non-hydrogen) atoms. The third kappa shape index (κ3) is 5.04. The minimum absolute atomic E-state index is 0.0705. The van der Waals surface area contributed by atoms with E-state index in [0.29, 0.717) is 17.7 Å². The molecule has 4 N–H and O–H groups in total. The first-order valence-corrected chi connectivity index (χ1v) is 10.1. The van der Waals surface area contributed by atoms with E-state index in [2.05, 4.69) is 12.2 Å². The quantitative estimate of drug-likeness (QED) is 0.536. The van der Waals surface area contributed by atoms with Crippen molar-refractivity contribution in [1.29, 1.82) is 0 Å². The summed E-state index contributed by atoms with van der Waals surface area (Å²) in [4.78, 5) is 0. The molecule has 1 heterocycles. The highest BCUT2D eigenvalue weighted by Gasteiger charge is 2.31. The van der Waals surface area contributed by atoms with E-state index in [-0.39, 0.29) is 30.6 Å². The maximum atomic E-state index is 10.6. The molecular weight excluding hydrogens is 378 g/mol. The molecular formula is C22H28ClNO4. The van der Waals surface area contributed by atoms with E-state index in [0.717, 1.165) is 29.8 Å². The summed E-state index contributed by atoms with van der Waals surface area (Å²) in [5, 5.41) is 33.7. The first kappa shape index (κ1) is 21.1. The Kier molecular flexibility index (Phi) is 7.32. The van der Waals surface area contributed by atoms with E-state index in [1.54, 1.807) is 6.07 Å². The Morgan fingerprint density at radius 3 is 2.61 bits per heavy atom. The van der Waals surface area contributed by atoms with Crippen LogP contribution in [0.15, 0.2) is 42.5 Å². The minimum atomic E-state index is -0.773. The number of benzene rings is 2. The second-order valence-corrected chi connectivity index (χ2v) is 7.71. The van der Waals surface area contributed by atoms with Gasteiger partial charge in [0.25, 0.3) is 0 Å². The van der Waals surface area contributed by atoms with Crippen molar-refractivity contribution in [3.05, 3.63) is 64.2 Å². The summed E-state index contributed by atoms with van der Waals surface area (Å²) in [6.45, 7) is 2.22. The van der Waals surface area contributed by atoms with Crippen LogP contribution in [0.5, 0.6) is 5.75 Å². The zero-order valence-corrected chi connectivity index (χ0v) is 16.8. The molecule has 3 rings (SSSR count). The average Bonchev–Trinajstić information content (AvgIpc) is 3.18. The second-order valence-electron chi connectivity index (χ2n) is 7.27. The lowest BCUT2D eigenvalue weighted by atomic mass is 10.0. The highest BCUT2D eigenvalue weighted by atomic mass is 35.5. The Hall–Kier alpha value is -1.63. The van der Waals surface area contributed by atoms with E-state index < -0.39 is 6.10 Å². The lowest BCUT2D eigenvalue weighted by molar-refractivity contribution is 0.0181. The number of phenols is 1. The van der Waals surface area contributed by atoms with Crippen LogP contribution in [0, 0.1) is 0 Å². The van der Waals surface area contributed by atoms with Crippen molar-refractivity contribution < 1.29 is 20.1 Å². The number of aromatic hydroxyl groups is 1. The normalized spacial score (nSPS) is 21.6. The molecule has 0 saturated carbocycles. The molecule has 1 aliphatic heterocycles. The van der Waals surface area contributed by atoms with Crippen molar-refractivity contribution in [3.8, 4) is 5.75 Å². The topological polar surface area (TPSA) is 82.0 Å². The number of phenolic OH excluding ortho intramolecular Hbond substituents is 1. The summed E-state index contributed by atoms with van der Waals surface area (Å²) in [5.41, 5.74) is 2.29. The van der Waals surface area contributed by atoms with Crippen molar-refractivity contribution in [2.45, 2.75) is 57.1 Å². The molecule has 5 nitrogen and oxygen atoms in total. The van der Waals surface area contributed by atoms with Crippen LogP contribution in [0.4, 0.5) is 0 Å². The number of ether oxygens (including phenoxy) is 1. The highest BCUT2D eigenvalue weighted by molar-refractivity contribution is 6.30. The van der Waals surface area contributed by atoms with Gasteiger partial charge in [-0.15, -0.1) is 0 Å². The molecule has 152 valence electrons. The molecule has 2 aromatic rings. The number of nitrogens with one attached hydrogen (secondary N) is 1. The average molecular weight is 406 g/mol. The largest absolute Gasteiger partial charge is 0.508 e. The summed E-state index contributed by atoms with van der Waals surface area (Å²) in [7, 11) is 0. The number of hydrogen-bond donors (Lipinski definition) is 4. The molecule has 6 heteroatoms. The van der Waals surface area contributed by atoms with Crippen LogP contribution < -0.4 is 5.32 Å². The van der Waals surface area contributed by atoms with E-state index >= 15 is 0 Å². The van der Waals surface area contributed by atoms with E-state index in [1.165, 1.54) is 12.1 Å². The van der Waals surface area contributed by atoms with Gasteiger partial charge in [0.05, 0.1) is 24.9 Å². The fourth-order valence-electron chi connectivity index (χ4n) is 3.85. The number of halogens is 1. The summed E-state index contributed by atoms with van der Waals surface area (Å²) in [6, 6.07) is 12.6. The summed E-state index contributed by atoms with van der Waals surface area (Å²) >= 11 is 5.97. The minimum Gasteiger partial charge on any atom is -0.508 e. The molecule has 0 spiro atoms. The van der Waals surface area contributed by atoms with Gasteiger partial charge in [-0.2, -0.15) is 0 Å². The highest BCUT2D eigenvalue weighted by Crippen LogP contribution is 2.35. The lowest BCUT2D eigenvalue weighted by Crippen LogP contribution is -2.41. The fraction of sp³-hybridized carbons (Fsp3) is 0.455. The fourth-order valence-corrected chi connectivity index (χ4v) is 3.97. The predicted molar refractivity (Wildman–Crippen MR) is 109 cm³/mol. The molecule has 0 aliphatic carbocycles. The van der Waals surface area contributed by atoms with Crippen molar-refractivity contribution in [1.82, 2.24) is 5.32 Å². The van der Waals surface area contributed by atoms with E-state index in [1.807, 2.05) is 24.3 Å². The number of rotatable bonds is 8. The van der Waals surface area contributed by atoms with Crippen LogP contribution in [0.1, 0.15) is 55.1 Å². The Bertz CT molecular complexity index is 768. The maximum absolute atomic E-state index is 10.6. The van der Waals surface area contributed by atoms with Crippen molar-refractivity contribution in [2.24, 2.45) is 0 Å². The Morgan fingerprint density at radius 1 is 1.18 bits per heavy atom. The van der Waals surface area contributed by atoms with Crippen LogP contribution >= 0.6 is 11.6 Å². The second kappa shape index (κ2) is 9.72. The standard InChI is InChI=1S/C22H28ClNO4/c1-2-19(22-10-9-21(28-22)14-3-5-16(23)6-4-14)24-12-20(27)18-8-7-17(26)11-15(18)13-25/h3-8,11,19-22,24-27H,2,9-10,12-13H2,1H3. The SMILES string of the molecule is CCC(NCC(O)c1ccc(O)cc1CO)C1CCC(c2ccc(Cl)cc2)O1. The Balaban J connectivity index is 1.58. The van der Waals surface area contributed by atoms with Crippen LogP contribution in [-0.4, -0.2) is 34.0 Å². The number of hydrogen-bond acceptors (Lipinski definition) is 5. The van der Waals surface area contributed by atoms with Gasteiger partial charge in [-0.25, -0.2) is 0 Å². The summed E-state index contributed by atoms with van der Waals surface area (Å²) in [6.07, 6.45) is 2.17. The molecule has 0 amide bonds. The van der Waals surface area contributed by atoms with Gasteiger partial charge in [0.2, 0.25) is 0 Å². The van der Waals surface area contributed by atoms with Gasteiger partial charge in [-0.05, 0) is 60.2 Å². The third-order valence-corrected chi connectivity index (χ3v) is 5.66. The zero-order chi connectivity index (χ0) is 20.1. The van der Waals surface area contributed by atoms with E-state index in [9.17, 15) is 15.3 Å². The smallest absolute Gasteiger partial charge is 0.115 e.